The molecule has 5 rings (SSSR count). The van der Waals surface area contributed by atoms with Crippen molar-refractivity contribution >= 4 is 11.9 Å². The molecule has 3 aromatic rings. The molecular weight excluding hydrogens is 326 g/mol. The Morgan fingerprint density at radius 2 is 2.19 bits per heavy atom. The van der Waals surface area contributed by atoms with Crippen LogP contribution in [0.2, 0.25) is 0 Å². The number of aryl methyl sites for hydroxylation is 1. The Hall–Kier alpha value is -3.02. The summed E-state index contributed by atoms with van der Waals surface area (Å²) in [6.07, 6.45) is 8.22. The predicted octanol–water partition coefficient (Wildman–Crippen LogP) is 2.56. The van der Waals surface area contributed by atoms with Gasteiger partial charge in [0.2, 0.25) is 11.9 Å². The van der Waals surface area contributed by atoms with E-state index < -0.39 is 0 Å². The summed E-state index contributed by atoms with van der Waals surface area (Å²) in [7, 11) is 0. The van der Waals surface area contributed by atoms with Gasteiger partial charge in [-0.15, -0.1) is 5.10 Å². The van der Waals surface area contributed by atoms with Gasteiger partial charge in [-0.3, -0.25) is 15.1 Å². The van der Waals surface area contributed by atoms with Crippen molar-refractivity contribution in [1.82, 2.24) is 19.7 Å². The number of nitrogens with zero attached hydrogens (tertiary/aromatic N) is 4. The molecule has 0 radical (unpaired) electrons. The van der Waals surface area contributed by atoms with Gasteiger partial charge in [0.15, 0.2) is 0 Å². The molecule has 2 aliphatic carbocycles. The molecule has 1 spiro atoms. The van der Waals surface area contributed by atoms with Gasteiger partial charge in [0.1, 0.15) is 6.33 Å². The van der Waals surface area contributed by atoms with E-state index in [0.717, 1.165) is 24.8 Å². The van der Waals surface area contributed by atoms with Crippen molar-refractivity contribution in [3.63, 3.8) is 0 Å². The summed E-state index contributed by atoms with van der Waals surface area (Å²) in [5.41, 5.74) is 3.83. The molecule has 1 aromatic carbocycles. The number of aromatic nitrogens is 4. The molecule has 2 atom stereocenters. The van der Waals surface area contributed by atoms with Crippen LogP contribution in [0.5, 0.6) is 0 Å². The van der Waals surface area contributed by atoms with Crippen molar-refractivity contribution in [2.24, 2.45) is 5.92 Å². The van der Waals surface area contributed by atoms with Gasteiger partial charge in [0.25, 0.3) is 0 Å². The Balaban J connectivity index is 1.26. The van der Waals surface area contributed by atoms with Gasteiger partial charge in [0, 0.05) is 23.7 Å². The van der Waals surface area contributed by atoms with Crippen LogP contribution in [0.15, 0.2) is 55.1 Å². The summed E-state index contributed by atoms with van der Waals surface area (Å²) in [4.78, 5) is 21.0. The number of amides is 1. The van der Waals surface area contributed by atoms with Crippen LogP contribution in [-0.4, -0.2) is 25.7 Å². The molecule has 0 bridgehead atoms. The molecule has 0 unspecified atom stereocenters. The molecule has 0 saturated heterocycles. The fraction of sp³-hybridized carbons (Fsp3) is 0.300. The fourth-order valence-corrected chi connectivity index (χ4v) is 4.24. The Labute approximate surface area is 151 Å². The van der Waals surface area contributed by atoms with Crippen LogP contribution in [0.3, 0.4) is 0 Å². The first-order valence-electron chi connectivity index (χ1n) is 8.92. The molecule has 1 saturated carbocycles. The number of nitrogens with one attached hydrogen (secondary N) is 1. The third-order valence-corrected chi connectivity index (χ3v) is 5.62. The first-order valence-corrected chi connectivity index (χ1v) is 8.92. The van der Waals surface area contributed by atoms with Crippen LogP contribution in [0.4, 0.5) is 5.95 Å². The van der Waals surface area contributed by atoms with Gasteiger partial charge < -0.3 is 0 Å². The van der Waals surface area contributed by atoms with Crippen LogP contribution in [0, 0.1) is 5.92 Å². The van der Waals surface area contributed by atoms with Crippen LogP contribution in [0.25, 0.3) is 0 Å². The lowest BCUT2D eigenvalue weighted by Gasteiger charge is -2.10. The van der Waals surface area contributed by atoms with Gasteiger partial charge in [-0.25, -0.2) is 9.67 Å². The summed E-state index contributed by atoms with van der Waals surface area (Å²) >= 11 is 0. The number of benzene rings is 1. The van der Waals surface area contributed by atoms with E-state index in [2.05, 4.69) is 44.6 Å². The second-order valence-corrected chi connectivity index (χ2v) is 7.19. The Bertz CT molecular complexity index is 967. The molecule has 2 aromatic heterocycles. The lowest BCUT2D eigenvalue weighted by molar-refractivity contribution is -0.117. The molecule has 1 N–H and O–H groups in total. The first-order chi connectivity index (χ1) is 12.7. The minimum atomic E-state index is 0.0245. The van der Waals surface area contributed by atoms with E-state index in [1.807, 2.05) is 12.1 Å². The van der Waals surface area contributed by atoms with Gasteiger partial charge in [-0.2, -0.15) is 0 Å². The predicted molar refractivity (Wildman–Crippen MR) is 96.5 cm³/mol. The van der Waals surface area contributed by atoms with Crippen LogP contribution < -0.4 is 5.32 Å². The maximum Gasteiger partial charge on any atom is 0.248 e. The average molecular weight is 345 g/mol. The van der Waals surface area contributed by atoms with E-state index in [-0.39, 0.29) is 17.2 Å². The number of anilines is 1. The summed E-state index contributed by atoms with van der Waals surface area (Å²) < 4.78 is 1.71. The Morgan fingerprint density at radius 1 is 1.27 bits per heavy atom. The molecule has 6 nitrogen and oxygen atoms in total. The number of hydrogen-bond acceptors (Lipinski definition) is 4. The standard InChI is InChI=1S/C20H19N5O/c26-18(17-10-20(17)8-7-15-5-1-2-6-16(15)20)23-19-22-13-25(24-19)12-14-4-3-9-21-11-14/h1-6,9,11,13,17H,7-8,10,12H2,(H,23,24,26)/t17-,20+/m1/s1. The van der Waals surface area contributed by atoms with E-state index >= 15 is 0 Å². The fourth-order valence-electron chi connectivity index (χ4n) is 4.24. The summed E-state index contributed by atoms with van der Waals surface area (Å²) in [6, 6.07) is 12.4. The normalized spacial score (nSPS) is 23.0. The lowest BCUT2D eigenvalue weighted by atomic mass is 9.95. The molecule has 2 aliphatic rings. The topological polar surface area (TPSA) is 72.7 Å². The molecule has 1 fully saturated rings. The van der Waals surface area contributed by atoms with Crippen molar-refractivity contribution in [3.8, 4) is 0 Å². The van der Waals surface area contributed by atoms with Gasteiger partial charge >= 0.3 is 0 Å². The smallest absolute Gasteiger partial charge is 0.248 e. The Kier molecular flexibility index (Phi) is 3.38. The van der Waals surface area contributed by atoms with E-state index in [1.165, 1.54) is 11.1 Å². The summed E-state index contributed by atoms with van der Waals surface area (Å²) in [5.74, 6) is 0.421. The minimum Gasteiger partial charge on any atom is -0.293 e. The molecular formula is C20H19N5O. The number of carbonyl (C=O) groups is 1. The van der Waals surface area contributed by atoms with Gasteiger partial charge in [-0.05, 0) is 42.0 Å². The highest BCUT2D eigenvalue weighted by Gasteiger charge is 2.61. The van der Waals surface area contributed by atoms with Gasteiger partial charge in [0.05, 0.1) is 6.54 Å². The molecule has 2 heterocycles. The zero-order valence-corrected chi connectivity index (χ0v) is 14.3. The maximum atomic E-state index is 12.7. The highest BCUT2D eigenvalue weighted by Crippen LogP contribution is 2.61. The Morgan fingerprint density at radius 3 is 3.08 bits per heavy atom. The van der Waals surface area contributed by atoms with Crippen molar-refractivity contribution in [3.05, 3.63) is 71.8 Å². The third-order valence-electron chi connectivity index (χ3n) is 5.62. The second-order valence-electron chi connectivity index (χ2n) is 7.19. The largest absolute Gasteiger partial charge is 0.293 e. The second kappa shape index (κ2) is 5.76. The molecule has 26 heavy (non-hydrogen) atoms. The van der Waals surface area contributed by atoms with Crippen molar-refractivity contribution in [2.75, 3.05) is 5.32 Å². The van der Waals surface area contributed by atoms with Crippen LogP contribution >= 0.6 is 0 Å². The molecule has 130 valence electrons. The molecule has 1 amide bonds. The molecule has 6 heteroatoms. The van der Waals surface area contributed by atoms with E-state index in [4.69, 9.17) is 0 Å². The minimum absolute atomic E-state index is 0.0245. The number of rotatable bonds is 4. The van der Waals surface area contributed by atoms with E-state index in [9.17, 15) is 4.79 Å². The van der Waals surface area contributed by atoms with Crippen LogP contribution in [0.1, 0.15) is 29.5 Å². The first kappa shape index (κ1) is 15.3. The quantitative estimate of drug-likeness (QED) is 0.789. The van der Waals surface area contributed by atoms with Gasteiger partial charge in [-0.1, -0.05) is 30.3 Å². The zero-order chi connectivity index (χ0) is 17.6. The zero-order valence-electron chi connectivity index (χ0n) is 14.3. The number of carbonyl (C=O) groups excluding carboxylic acids is 1. The highest BCUT2D eigenvalue weighted by molar-refractivity contribution is 5.95. The summed E-state index contributed by atoms with van der Waals surface area (Å²) in [5, 5.41) is 7.26. The monoisotopic (exact) mass is 345 g/mol. The van der Waals surface area contributed by atoms with E-state index in [1.54, 1.807) is 23.4 Å². The number of pyridine rings is 1. The van der Waals surface area contributed by atoms with Crippen LogP contribution in [-0.2, 0) is 23.2 Å². The van der Waals surface area contributed by atoms with Crippen molar-refractivity contribution in [2.45, 2.75) is 31.2 Å². The van der Waals surface area contributed by atoms with Crippen molar-refractivity contribution < 1.29 is 4.79 Å². The lowest BCUT2D eigenvalue weighted by Crippen LogP contribution is -2.20. The van der Waals surface area contributed by atoms with Crippen molar-refractivity contribution in [1.29, 1.82) is 0 Å². The third kappa shape index (κ3) is 2.49. The number of fused-ring (bicyclic) bond motifs is 2. The van der Waals surface area contributed by atoms with E-state index in [0.29, 0.717) is 12.5 Å². The molecule has 0 aliphatic heterocycles. The number of hydrogen-bond donors (Lipinski definition) is 1. The summed E-state index contributed by atoms with van der Waals surface area (Å²) in [6.45, 7) is 0.581. The highest BCUT2D eigenvalue weighted by atomic mass is 16.2. The SMILES string of the molecule is O=C(Nc1ncn(Cc2cccnc2)n1)[C@H]1C[C@]12CCc1ccccc12. The maximum absolute atomic E-state index is 12.7. The average Bonchev–Trinajstić information content (AvgIpc) is 3.06.